The van der Waals surface area contributed by atoms with Gasteiger partial charge in [0.15, 0.2) is 0 Å². The Hall–Kier alpha value is -1.39. The number of rotatable bonds is 1. The molecule has 0 unspecified atom stereocenters. The molecule has 50 valence electrons. The quantitative estimate of drug-likeness (QED) is 0.202. The van der Waals surface area contributed by atoms with Gasteiger partial charge in [0.25, 0.3) is 0 Å². The minimum absolute atomic E-state index is 0.108. The number of aldehydes is 1. The molecule has 5 nitrogen and oxygen atoms in total. The van der Waals surface area contributed by atoms with Crippen LogP contribution in [0.4, 0.5) is 0 Å². The Bertz CT molecular complexity index is 138. The predicted octanol–water partition coefficient (Wildman–Crippen LogP) is -0.793. The van der Waals surface area contributed by atoms with Gasteiger partial charge in [-0.05, 0) is 0 Å². The summed E-state index contributed by atoms with van der Waals surface area (Å²) in [5, 5.41) is 0. The lowest BCUT2D eigenvalue weighted by Gasteiger charge is -1.92. The van der Waals surface area contributed by atoms with Gasteiger partial charge < -0.3 is 0 Å². The van der Waals surface area contributed by atoms with Gasteiger partial charge in [0.05, 0.1) is 0 Å². The summed E-state index contributed by atoms with van der Waals surface area (Å²) in [6, 6.07) is 0. The lowest BCUT2D eigenvalue weighted by molar-refractivity contribution is -0.253. The SMILES string of the molecule is CC(=O)OOC(=O)C=O. The Morgan fingerprint density at radius 1 is 1.33 bits per heavy atom. The zero-order valence-corrected chi connectivity index (χ0v) is 4.62. The first-order valence-corrected chi connectivity index (χ1v) is 2.01. The summed E-state index contributed by atoms with van der Waals surface area (Å²) in [5.74, 6) is -2.02. The molecule has 0 aliphatic rings. The third-order valence-corrected chi connectivity index (χ3v) is 0.337. The number of carbonyl (C=O) groups excluding carboxylic acids is 3. The molecular weight excluding hydrogens is 128 g/mol. The van der Waals surface area contributed by atoms with Crippen molar-refractivity contribution < 1.29 is 24.2 Å². The molecule has 0 aromatic rings. The van der Waals surface area contributed by atoms with Gasteiger partial charge in [-0.3, -0.25) is 4.79 Å². The van der Waals surface area contributed by atoms with Gasteiger partial charge in [0.2, 0.25) is 6.29 Å². The van der Waals surface area contributed by atoms with Gasteiger partial charge in [0, 0.05) is 6.92 Å². The second kappa shape index (κ2) is 3.59. The molecule has 0 N–H and O–H groups in total. The van der Waals surface area contributed by atoms with Crippen LogP contribution < -0.4 is 0 Å². The highest BCUT2D eigenvalue weighted by Gasteiger charge is 2.01. The normalized spacial score (nSPS) is 7.67. The maximum atomic E-state index is 9.85. The summed E-state index contributed by atoms with van der Waals surface area (Å²) in [4.78, 5) is 36.4. The molecule has 0 rings (SSSR count). The summed E-state index contributed by atoms with van der Waals surface area (Å²) in [7, 11) is 0. The van der Waals surface area contributed by atoms with Gasteiger partial charge in [-0.15, -0.1) is 0 Å². The van der Waals surface area contributed by atoms with Crippen LogP contribution in [0, 0.1) is 0 Å². The van der Waals surface area contributed by atoms with E-state index in [4.69, 9.17) is 0 Å². The first kappa shape index (κ1) is 7.61. The number of hydrogen-bond acceptors (Lipinski definition) is 5. The average Bonchev–Trinajstić information content (AvgIpc) is 1.83. The van der Waals surface area contributed by atoms with Crippen molar-refractivity contribution in [3.05, 3.63) is 0 Å². The van der Waals surface area contributed by atoms with Gasteiger partial charge in [0.1, 0.15) is 0 Å². The molecule has 0 heterocycles. The van der Waals surface area contributed by atoms with Crippen molar-refractivity contribution in [3.63, 3.8) is 0 Å². The maximum absolute atomic E-state index is 9.85. The maximum Gasteiger partial charge on any atom is 0.418 e. The minimum atomic E-state index is -1.23. The fraction of sp³-hybridized carbons (Fsp3) is 0.250. The van der Waals surface area contributed by atoms with Crippen LogP contribution in [-0.2, 0) is 24.2 Å². The first-order valence-electron chi connectivity index (χ1n) is 2.01. The molecule has 0 atom stereocenters. The van der Waals surface area contributed by atoms with Crippen molar-refractivity contribution >= 4 is 18.2 Å². The lowest BCUT2D eigenvalue weighted by Crippen LogP contribution is -2.08. The fourth-order valence-electron chi connectivity index (χ4n) is 0.119. The largest absolute Gasteiger partial charge is 0.418 e. The van der Waals surface area contributed by atoms with E-state index in [9.17, 15) is 14.4 Å². The van der Waals surface area contributed by atoms with E-state index in [-0.39, 0.29) is 6.29 Å². The van der Waals surface area contributed by atoms with Crippen LogP contribution in [0.15, 0.2) is 0 Å². The molecular formula is C4H4O5. The van der Waals surface area contributed by atoms with Crippen LogP contribution >= 0.6 is 0 Å². The molecule has 0 spiro atoms. The second-order valence-electron chi connectivity index (χ2n) is 1.10. The van der Waals surface area contributed by atoms with Gasteiger partial charge in [-0.1, -0.05) is 0 Å². The molecule has 0 aromatic carbocycles. The number of carbonyl (C=O) groups is 3. The molecule has 0 saturated heterocycles. The smallest absolute Gasteiger partial charge is 0.290 e. The third-order valence-electron chi connectivity index (χ3n) is 0.337. The molecule has 9 heavy (non-hydrogen) atoms. The van der Waals surface area contributed by atoms with E-state index < -0.39 is 11.9 Å². The second-order valence-corrected chi connectivity index (χ2v) is 1.10. The van der Waals surface area contributed by atoms with E-state index in [1.54, 1.807) is 0 Å². The van der Waals surface area contributed by atoms with Crippen molar-refractivity contribution in [2.75, 3.05) is 0 Å². The highest BCUT2D eigenvalue weighted by molar-refractivity contribution is 6.20. The van der Waals surface area contributed by atoms with E-state index in [1.165, 1.54) is 0 Å². The van der Waals surface area contributed by atoms with Gasteiger partial charge in [-0.2, -0.15) is 0 Å². The van der Waals surface area contributed by atoms with Crippen LogP contribution in [0.5, 0.6) is 0 Å². The monoisotopic (exact) mass is 132 g/mol. The van der Waals surface area contributed by atoms with Crippen molar-refractivity contribution in [2.24, 2.45) is 0 Å². The van der Waals surface area contributed by atoms with E-state index in [0.717, 1.165) is 6.92 Å². The van der Waals surface area contributed by atoms with Crippen molar-refractivity contribution in [3.8, 4) is 0 Å². The average molecular weight is 132 g/mol. The Labute approximate surface area is 50.5 Å². The van der Waals surface area contributed by atoms with Crippen molar-refractivity contribution in [1.29, 1.82) is 0 Å². The Balaban J connectivity index is 3.39. The van der Waals surface area contributed by atoms with Gasteiger partial charge in [-0.25, -0.2) is 19.4 Å². The highest BCUT2D eigenvalue weighted by atomic mass is 17.2. The zero-order valence-electron chi connectivity index (χ0n) is 4.62. The minimum Gasteiger partial charge on any atom is -0.290 e. The summed E-state index contributed by atoms with van der Waals surface area (Å²) in [5.41, 5.74) is 0. The van der Waals surface area contributed by atoms with Gasteiger partial charge >= 0.3 is 11.9 Å². The zero-order chi connectivity index (χ0) is 7.28. The molecule has 0 fully saturated rings. The molecule has 0 aliphatic heterocycles. The standard InChI is InChI=1S/C4H4O5/c1-3(6)8-9-4(7)2-5/h2H,1H3. The van der Waals surface area contributed by atoms with Crippen molar-refractivity contribution in [2.45, 2.75) is 6.92 Å². The van der Waals surface area contributed by atoms with Crippen LogP contribution in [0.2, 0.25) is 0 Å². The van der Waals surface area contributed by atoms with E-state index in [2.05, 4.69) is 9.78 Å². The topological polar surface area (TPSA) is 69.7 Å². The Morgan fingerprint density at radius 2 is 1.89 bits per heavy atom. The Morgan fingerprint density at radius 3 is 2.22 bits per heavy atom. The molecule has 0 saturated carbocycles. The third kappa shape index (κ3) is 4.46. The predicted molar refractivity (Wildman–Crippen MR) is 23.9 cm³/mol. The van der Waals surface area contributed by atoms with Crippen LogP contribution in [0.1, 0.15) is 6.92 Å². The van der Waals surface area contributed by atoms with E-state index in [0.29, 0.717) is 0 Å². The highest BCUT2D eigenvalue weighted by Crippen LogP contribution is 1.77. The molecule has 0 radical (unpaired) electrons. The summed E-state index contributed by atoms with van der Waals surface area (Å²) < 4.78 is 0. The fourth-order valence-corrected chi connectivity index (χ4v) is 0.119. The van der Waals surface area contributed by atoms with Crippen molar-refractivity contribution in [1.82, 2.24) is 0 Å². The van der Waals surface area contributed by atoms with E-state index >= 15 is 0 Å². The van der Waals surface area contributed by atoms with Crippen LogP contribution in [0.25, 0.3) is 0 Å². The lowest BCUT2D eigenvalue weighted by atomic mass is 10.8. The summed E-state index contributed by atoms with van der Waals surface area (Å²) >= 11 is 0. The van der Waals surface area contributed by atoms with E-state index in [1.807, 2.05) is 0 Å². The number of hydrogen-bond donors (Lipinski definition) is 0. The summed E-state index contributed by atoms with van der Waals surface area (Å²) in [6.45, 7) is 1.04. The molecule has 0 aliphatic carbocycles. The van der Waals surface area contributed by atoms with Crippen LogP contribution in [-0.4, -0.2) is 18.2 Å². The Kier molecular flexibility index (Phi) is 3.04. The first-order chi connectivity index (χ1) is 4.16. The molecule has 0 amide bonds. The molecule has 5 heteroatoms. The van der Waals surface area contributed by atoms with Crippen LogP contribution in [0.3, 0.4) is 0 Å². The summed E-state index contributed by atoms with van der Waals surface area (Å²) in [6.07, 6.45) is -0.108. The molecule has 0 bridgehead atoms. The molecule has 0 aromatic heterocycles.